The lowest BCUT2D eigenvalue weighted by molar-refractivity contribution is 0.0941. The molecule has 0 unspecified atom stereocenters. The van der Waals surface area contributed by atoms with Crippen molar-refractivity contribution in [1.82, 2.24) is 10.3 Å². The Hall–Kier alpha value is -1.13. The molecule has 14 heavy (non-hydrogen) atoms. The second kappa shape index (κ2) is 4.93. The molecule has 1 atom stereocenters. The fourth-order valence-electron chi connectivity index (χ4n) is 0.916. The van der Waals surface area contributed by atoms with Crippen molar-refractivity contribution in [2.75, 3.05) is 6.54 Å². The maximum atomic E-state index is 11.5. The molecule has 0 saturated carbocycles. The molecule has 5 heteroatoms. The van der Waals surface area contributed by atoms with Crippen LogP contribution in [0.2, 0.25) is 5.15 Å². The Bertz CT molecular complexity index is 330. The van der Waals surface area contributed by atoms with Gasteiger partial charge in [0.25, 0.3) is 5.91 Å². The first-order chi connectivity index (χ1) is 6.65. The first kappa shape index (κ1) is 10.9. The molecule has 0 radical (unpaired) electrons. The summed E-state index contributed by atoms with van der Waals surface area (Å²) in [5, 5.41) is 2.90. The summed E-state index contributed by atoms with van der Waals surface area (Å²) < 4.78 is 0. The van der Waals surface area contributed by atoms with Gasteiger partial charge in [0.1, 0.15) is 5.15 Å². The predicted octanol–water partition coefficient (Wildman–Crippen LogP) is 0.812. The lowest BCUT2D eigenvalue weighted by Crippen LogP contribution is -2.37. The molecule has 76 valence electrons. The lowest BCUT2D eigenvalue weighted by atomic mass is 10.2. The third-order valence-corrected chi connectivity index (χ3v) is 2.04. The number of amides is 1. The molecule has 0 fully saturated rings. The van der Waals surface area contributed by atoms with Crippen LogP contribution in [0.15, 0.2) is 18.3 Å². The van der Waals surface area contributed by atoms with Crippen molar-refractivity contribution in [3.63, 3.8) is 0 Å². The SMILES string of the molecule is C[C@@H](CN)NC(=O)c1cccnc1Cl. The lowest BCUT2D eigenvalue weighted by Gasteiger charge is -2.11. The van der Waals surface area contributed by atoms with Crippen LogP contribution in [0.5, 0.6) is 0 Å². The quantitative estimate of drug-likeness (QED) is 0.731. The monoisotopic (exact) mass is 213 g/mol. The van der Waals surface area contributed by atoms with Crippen molar-refractivity contribution in [2.45, 2.75) is 13.0 Å². The van der Waals surface area contributed by atoms with Crippen LogP contribution in [0.3, 0.4) is 0 Å². The van der Waals surface area contributed by atoms with Gasteiger partial charge in [0, 0.05) is 18.8 Å². The van der Waals surface area contributed by atoms with Crippen molar-refractivity contribution >= 4 is 17.5 Å². The zero-order valence-corrected chi connectivity index (χ0v) is 8.58. The Morgan fingerprint density at radius 2 is 2.50 bits per heavy atom. The molecular weight excluding hydrogens is 202 g/mol. The second-order valence-corrected chi connectivity index (χ2v) is 3.31. The van der Waals surface area contributed by atoms with Gasteiger partial charge >= 0.3 is 0 Å². The van der Waals surface area contributed by atoms with Crippen LogP contribution in [0.4, 0.5) is 0 Å². The molecule has 0 aliphatic carbocycles. The number of carbonyl (C=O) groups excluding carboxylic acids is 1. The van der Waals surface area contributed by atoms with Gasteiger partial charge in [0.15, 0.2) is 0 Å². The summed E-state index contributed by atoms with van der Waals surface area (Å²) in [5.41, 5.74) is 5.74. The summed E-state index contributed by atoms with van der Waals surface area (Å²) in [6.45, 7) is 2.21. The van der Waals surface area contributed by atoms with Crippen LogP contribution < -0.4 is 11.1 Å². The van der Waals surface area contributed by atoms with Crippen molar-refractivity contribution < 1.29 is 4.79 Å². The molecule has 0 bridgehead atoms. The highest BCUT2D eigenvalue weighted by molar-refractivity contribution is 6.32. The van der Waals surface area contributed by atoms with Crippen LogP contribution in [-0.2, 0) is 0 Å². The van der Waals surface area contributed by atoms with E-state index in [1.807, 2.05) is 6.92 Å². The first-order valence-corrected chi connectivity index (χ1v) is 4.64. The second-order valence-electron chi connectivity index (χ2n) is 2.95. The van der Waals surface area contributed by atoms with Crippen molar-refractivity contribution in [2.24, 2.45) is 5.73 Å². The van der Waals surface area contributed by atoms with Crippen LogP contribution in [-0.4, -0.2) is 23.5 Å². The molecule has 1 amide bonds. The summed E-state index contributed by atoms with van der Waals surface area (Å²) in [6.07, 6.45) is 1.53. The minimum Gasteiger partial charge on any atom is -0.348 e. The van der Waals surface area contributed by atoms with Gasteiger partial charge in [0.05, 0.1) is 5.56 Å². The van der Waals surface area contributed by atoms with Crippen LogP contribution in [0, 0.1) is 0 Å². The van der Waals surface area contributed by atoms with Crippen LogP contribution in [0.1, 0.15) is 17.3 Å². The maximum Gasteiger partial charge on any atom is 0.254 e. The Morgan fingerprint density at radius 3 is 3.07 bits per heavy atom. The first-order valence-electron chi connectivity index (χ1n) is 4.26. The average Bonchev–Trinajstić information content (AvgIpc) is 2.18. The minimum absolute atomic E-state index is 0.0706. The molecule has 0 saturated heterocycles. The van der Waals surface area contributed by atoms with E-state index in [4.69, 9.17) is 17.3 Å². The molecule has 0 aliphatic rings. The Morgan fingerprint density at radius 1 is 1.79 bits per heavy atom. The molecule has 3 N–H and O–H groups in total. The number of nitrogens with zero attached hydrogens (tertiary/aromatic N) is 1. The number of hydrogen-bond acceptors (Lipinski definition) is 3. The third-order valence-electron chi connectivity index (χ3n) is 1.73. The number of carbonyl (C=O) groups is 1. The summed E-state index contributed by atoms with van der Waals surface area (Å²) in [5.74, 6) is -0.249. The third kappa shape index (κ3) is 2.68. The predicted molar refractivity (Wildman–Crippen MR) is 55.2 cm³/mol. The van der Waals surface area contributed by atoms with Gasteiger partial charge in [-0.1, -0.05) is 11.6 Å². The molecule has 1 heterocycles. The average molecular weight is 214 g/mol. The summed E-state index contributed by atoms with van der Waals surface area (Å²) in [6, 6.07) is 3.21. The fraction of sp³-hybridized carbons (Fsp3) is 0.333. The van der Waals surface area contributed by atoms with E-state index in [9.17, 15) is 4.79 Å². The van der Waals surface area contributed by atoms with E-state index in [2.05, 4.69) is 10.3 Å². The standard InChI is InChI=1S/C9H12ClN3O/c1-6(5-11)13-9(14)7-3-2-4-12-8(7)10/h2-4,6H,5,11H2,1H3,(H,13,14)/t6-/m0/s1. The molecular formula is C9H12ClN3O. The van der Waals surface area contributed by atoms with E-state index >= 15 is 0 Å². The topological polar surface area (TPSA) is 68.0 Å². The van der Waals surface area contributed by atoms with Crippen molar-refractivity contribution in [3.8, 4) is 0 Å². The van der Waals surface area contributed by atoms with Gasteiger partial charge in [0.2, 0.25) is 0 Å². The number of nitrogens with two attached hydrogens (primary N) is 1. The minimum atomic E-state index is -0.249. The Labute approximate surface area is 87.5 Å². The number of pyridine rings is 1. The number of aromatic nitrogens is 1. The molecule has 0 aromatic carbocycles. The highest BCUT2D eigenvalue weighted by Crippen LogP contribution is 2.10. The number of rotatable bonds is 3. The zero-order chi connectivity index (χ0) is 10.6. The summed E-state index contributed by atoms with van der Waals surface area (Å²) in [4.78, 5) is 15.4. The maximum absolute atomic E-state index is 11.5. The van der Waals surface area contributed by atoms with Crippen molar-refractivity contribution in [1.29, 1.82) is 0 Å². The van der Waals surface area contributed by atoms with Gasteiger partial charge in [-0.05, 0) is 19.1 Å². The number of hydrogen-bond donors (Lipinski definition) is 2. The molecule has 0 aliphatic heterocycles. The highest BCUT2D eigenvalue weighted by atomic mass is 35.5. The van der Waals surface area contributed by atoms with Crippen LogP contribution in [0.25, 0.3) is 0 Å². The van der Waals surface area contributed by atoms with Gasteiger partial charge in [-0.15, -0.1) is 0 Å². The Balaban J connectivity index is 2.75. The van der Waals surface area contributed by atoms with Gasteiger partial charge < -0.3 is 11.1 Å². The molecule has 1 rings (SSSR count). The van der Waals surface area contributed by atoms with Gasteiger partial charge in [-0.3, -0.25) is 4.79 Å². The Kier molecular flexibility index (Phi) is 3.85. The van der Waals surface area contributed by atoms with E-state index < -0.39 is 0 Å². The van der Waals surface area contributed by atoms with Crippen molar-refractivity contribution in [3.05, 3.63) is 29.0 Å². The van der Waals surface area contributed by atoms with E-state index in [1.165, 1.54) is 6.20 Å². The largest absolute Gasteiger partial charge is 0.348 e. The molecule has 1 aromatic rings. The molecule has 0 spiro atoms. The smallest absolute Gasteiger partial charge is 0.254 e. The van der Waals surface area contributed by atoms with E-state index in [0.717, 1.165) is 0 Å². The highest BCUT2D eigenvalue weighted by Gasteiger charge is 2.11. The van der Waals surface area contributed by atoms with E-state index in [-0.39, 0.29) is 17.1 Å². The van der Waals surface area contributed by atoms with E-state index in [0.29, 0.717) is 12.1 Å². The fourth-order valence-corrected chi connectivity index (χ4v) is 1.12. The zero-order valence-electron chi connectivity index (χ0n) is 7.83. The van der Waals surface area contributed by atoms with Gasteiger partial charge in [-0.2, -0.15) is 0 Å². The normalized spacial score (nSPS) is 12.2. The number of nitrogens with one attached hydrogen (secondary N) is 1. The summed E-state index contributed by atoms with van der Waals surface area (Å²) >= 11 is 5.74. The molecule has 1 aromatic heterocycles. The molecule has 4 nitrogen and oxygen atoms in total. The van der Waals surface area contributed by atoms with E-state index in [1.54, 1.807) is 12.1 Å². The van der Waals surface area contributed by atoms with Gasteiger partial charge in [-0.25, -0.2) is 4.98 Å². The van der Waals surface area contributed by atoms with Crippen LogP contribution >= 0.6 is 11.6 Å². The summed E-state index contributed by atoms with van der Waals surface area (Å²) in [7, 11) is 0. The number of halogens is 1.